The summed E-state index contributed by atoms with van der Waals surface area (Å²) in [7, 11) is -4.00. The Kier molecular flexibility index (Phi) is 5.33. The second-order valence-corrected chi connectivity index (χ2v) is 5.50. The summed E-state index contributed by atoms with van der Waals surface area (Å²) in [6.45, 7) is 0.573. The highest BCUT2D eigenvalue weighted by Gasteiger charge is 2.21. The van der Waals surface area contributed by atoms with E-state index in [4.69, 9.17) is 5.73 Å². The molecule has 0 saturated carbocycles. The molecule has 0 spiro atoms. The van der Waals surface area contributed by atoms with Gasteiger partial charge in [-0.3, -0.25) is 10.1 Å². The fourth-order valence-electron chi connectivity index (χ4n) is 1.37. The number of rotatable bonds is 7. The third kappa shape index (κ3) is 4.23. The lowest BCUT2D eigenvalue weighted by atomic mass is 10.3. The van der Waals surface area contributed by atoms with Gasteiger partial charge >= 0.3 is 0 Å². The summed E-state index contributed by atoms with van der Waals surface area (Å²) >= 11 is 0. The van der Waals surface area contributed by atoms with Crippen molar-refractivity contribution in [2.24, 2.45) is 5.73 Å². The molecule has 0 saturated heterocycles. The second-order valence-electron chi connectivity index (χ2n) is 3.77. The number of benzene rings is 1. The van der Waals surface area contributed by atoms with Crippen LogP contribution in [-0.4, -0.2) is 26.4 Å². The number of sulfonamides is 1. The highest BCUT2D eigenvalue weighted by molar-refractivity contribution is 7.89. The number of hydrogen-bond donors (Lipinski definition) is 2. The Bertz CT molecular complexity index is 562. The SMILES string of the molecule is NCCCCNS(=O)(=O)c1ccc([N+](=O)[O-])cc1F. The molecule has 1 rings (SSSR count). The van der Waals surface area contributed by atoms with Crippen LogP contribution in [0.25, 0.3) is 0 Å². The van der Waals surface area contributed by atoms with Crippen molar-refractivity contribution in [2.75, 3.05) is 13.1 Å². The van der Waals surface area contributed by atoms with E-state index in [-0.39, 0.29) is 6.54 Å². The average Bonchev–Trinajstić information content (AvgIpc) is 2.34. The molecule has 7 nitrogen and oxygen atoms in total. The molecular formula is C10H14FN3O4S. The quantitative estimate of drug-likeness (QED) is 0.437. The smallest absolute Gasteiger partial charge is 0.272 e. The normalized spacial score (nSPS) is 11.5. The third-order valence-corrected chi connectivity index (χ3v) is 3.83. The number of nitrogens with zero attached hydrogens (tertiary/aromatic N) is 1. The van der Waals surface area contributed by atoms with Crippen LogP contribution in [0.4, 0.5) is 10.1 Å². The van der Waals surface area contributed by atoms with E-state index in [2.05, 4.69) is 4.72 Å². The fourth-order valence-corrected chi connectivity index (χ4v) is 2.51. The van der Waals surface area contributed by atoms with Gasteiger partial charge in [-0.2, -0.15) is 0 Å². The maximum Gasteiger partial charge on any atom is 0.272 e. The van der Waals surface area contributed by atoms with E-state index in [0.717, 1.165) is 12.1 Å². The van der Waals surface area contributed by atoms with Crippen LogP contribution in [0.2, 0.25) is 0 Å². The summed E-state index contributed by atoms with van der Waals surface area (Å²) in [5, 5.41) is 10.4. The van der Waals surface area contributed by atoms with Crippen LogP contribution in [0.1, 0.15) is 12.8 Å². The lowest BCUT2D eigenvalue weighted by Gasteiger charge is -2.07. The highest BCUT2D eigenvalue weighted by atomic mass is 32.2. The van der Waals surface area contributed by atoms with Crippen molar-refractivity contribution < 1.29 is 17.7 Å². The first-order valence-corrected chi connectivity index (χ1v) is 7.00. The topological polar surface area (TPSA) is 115 Å². The van der Waals surface area contributed by atoms with Crippen molar-refractivity contribution in [2.45, 2.75) is 17.7 Å². The maximum atomic E-state index is 13.5. The minimum atomic E-state index is -4.00. The maximum absolute atomic E-state index is 13.5. The van der Waals surface area contributed by atoms with Crippen LogP contribution in [0.15, 0.2) is 23.1 Å². The zero-order chi connectivity index (χ0) is 14.5. The van der Waals surface area contributed by atoms with Crippen LogP contribution in [0, 0.1) is 15.9 Å². The van der Waals surface area contributed by atoms with Gasteiger partial charge in [0.2, 0.25) is 10.0 Å². The molecule has 3 N–H and O–H groups in total. The molecule has 0 radical (unpaired) electrons. The Balaban J connectivity index is 2.87. The zero-order valence-electron chi connectivity index (χ0n) is 10.0. The number of hydrogen-bond acceptors (Lipinski definition) is 5. The molecule has 19 heavy (non-hydrogen) atoms. The van der Waals surface area contributed by atoms with Crippen LogP contribution >= 0.6 is 0 Å². The average molecular weight is 291 g/mol. The van der Waals surface area contributed by atoms with E-state index in [9.17, 15) is 22.9 Å². The van der Waals surface area contributed by atoms with Crippen molar-refractivity contribution in [3.05, 3.63) is 34.1 Å². The summed E-state index contributed by atoms with van der Waals surface area (Å²) in [4.78, 5) is 9.02. The summed E-state index contributed by atoms with van der Waals surface area (Å²) in [5.41, 5.74) is 4.76. The monoisotopic (exact) mass is 291 g/mol. The van der Waals surface area contributed by atoms with E-state index in [1.54, 1.807) is 0 Å². The Morgan fingerprint density at radius 2 is 2.05 bits per heavy atom. The zero-order valence-corrected chi connectivity index (χ0v) is 10.8. The van der Waals surface area contributed by atoms with E-state index >= 15 is 0 Å². The molecule has 0 fully saturated rings. The standard InChI is InChI=1S/C10H14FN3O4S/c11-9-7-8(14(15)16)3-4-10(9)19(17,18)13-6-2-1-5-12/h3-4,7,13H,1-2,5-6,12H2. The van der Waals surface area contributed by atoms with Crippen LogP contribution < -0.4 is 10.5 Å². The highest BCUT2D eigenvalue weighted by Crippen LogP contribution is 2.20. The molecule has 0 atom stereocenters. The predicted octanol–water partition coefficient (Wildman–Crippen LogP) is 0.751. The van der Waals surface area contributed by atoms with Gasteiger partial charge < -0.3 is 5.73 Å². The van der Waals surface area contributed by atoms with Gasteiger partial charge in [-0.05, 0) is 25.5 Å². The number of unbranched alkanes of at least 4 members (excludes halogenated alkanes) is 1. The number of nitrogens with two attached hydrogens (primary N) is 1. The van der Waals surface area contributed by atoms with Crippen molar-refractivity contribution >= 4 is 15.7 Å². The molecule has 9 heteroatoms. The van der Waals surface area contributed by atoms with Gasteiger partial charge in [-0.25, -0.2) is 17.5 Å². The predicted molar refractivity (Wildman–Crippen MR) is 66.5 cm³/mol. The van der Waals surface area contributed by atoms with E-state index < -0.39 is 31.3 Å². The van der Waals surface area contributed by atoms with Crippen molar-refractivity contribution in [1.82, 2.24) is 4.72 Å². The van der Waals surface area contributed by atoms with Crippen molar-refractivity contribution in [1.29, 1.82) is 0 Å². The molecule has 0 aromatic heterocycles. The van der Waals surface area contributed by atoms with E-state index in [0.29, 0.717) is 25.5 Å². The largest absolute Gasteiger partial charge is 0.330 e. The van der Waals surface area contributed by atoms with Gasteiger partial charge in [-0.1, -0.05) is 0 Å². The van der Waals surface area contributed by atoms with Crippen LogP contribution in [-0.2, 0) is 10.0 Å². The Morgan fingerprint density at radius 3 is 2.58 bits per heavy atom. The van der Waals surface area contributed by atoms with Gasteiger partial charge in [0.05, 0.1) is 11.0 Å². The molecule has 0 aliphatic rings. The Labute approximate surface area is 109 Å². The minimum Gasteiger partial charge on any atom is -0.330 e. The number of halogens is 1. The number of nitro groups is 1. The summed E-state index contributed by atoms with van der Waals surface area (Å²) in [6, 6.07) is 2.39. The molecule has 106 valence electrons. The molecule has 0 heterocycles. The summed E-state index contributed by atoms with van der Waals surface area (Å²) in [6.07, 6.45) is 1.18. The van der Waals surface area contributed by atoms with Crippen molar-refractivity contribution in [3.63, 3.8) is 0 Å². The first-order valence-electron chi connectivity index (χ1n) is 5.52. The summed E-state index contributed by atoms with van der Waals surface area (Å²) < 4.78 is 39.2. The van der Waals surface area contributed by atoms with Gasteiger partial charge in [0.1, 0.15) is 10.7 Å². The fraction of sp³-hybridized carbons (Fsp3) is 0.400. The first kappa shape index (κ1) is 15.5. The molecule has 1 aromatic carbocycles. The molecule has 0 amide bonds. The molecule has 0 aliphatic heterocycles. The van der Waals surface area contributed by atoms with Gasteiger partial charge in [0.15, 0.2) is 0 Å². The molecular weight excluding hydrogens is 277 g/mol. The molecule has 0 bridgehead atoms. The Hall–Kier alpha value is -1.58. The van der Waals surface area contributed by atoms with Crippen LogP contribution in [0.5, 0.6) is 0 Å². The van der Waals surface area contributed by atoms with Crippen molar-refractivity contribution in [3.8, 4) is 0 Å². The number of nitro benzene ring substituents is 1. The second kappa shape index (κ2) is 6.55. The molecule has 1 aromatic rings. The van der Waals surface area contributed by atoms with Gasteiger partial charge in [-0.15, -0.1) is 0 Å². The van der Waals surface area contributed by atoms with Gasteiger partial charge in [0.25, 0.3) is 5.69 Å². The lowest BCUT2D eigenvalue weighted by Crippen LogP contribution is -2.26. The van der Waals surface area contributed by atoms with Crippen LogP contribution in [0.3, 0.4) is 0 Å². The van der Waals surface area contributed by atoms with E-state index in [1.165, 1.54) is 0 Å². The number of non-ortho nitro benzene ring substituents is 1. The minimum absolute atomic E-state index is 0.135. The van der Waals surface area contributed by atoms with Gasteiger partial charge in [0, 0.05) is 12.6 Å². The number of nitrogens with one attached hydrogen (secondary N) is 1. The van der Waals surface area contributed by atoms with E-state index in [1.807, 2.05) is 0 Å². The third-order valence-electron chi connectivity index (χ3n) is 2.34. The Morgan fingerprint density at radius 1 is 1.37 bits per heavy atom. The summed E-state index contributed by atoms with van der Waals surface area (Å²) in [5.74, 6) is -1.15. The molecule has 0 unspecified atom stereocenters. The molecule has 0 aliphatic carbocycles. The first-order chi connectivity index (χ1) is 8.88. The lowest BCUT2D eigenvalue weighted by molar-refractivity contribution is -0.385.